The van der Waals surface area contributed by atoms with E-state index in [2.05, 4.69) is 25.1 Å². The first-order valence-corrected chi connectivity index (χ1v) is 9.57. The molecule has 138 valence electrons. The van der Waals surface area contributed by atoms with Crippen molar-refractivity contribution in [1.82, 2.24) is 20.0 Å². The number of thioether (sulfide) groups is 1. The standard InChI is InChI=1S/C19H18ClN5OS/c1-13-9-15(14(2)25(13)17-6-3-5-16(20)10-17)11-23-24-18(26)12-27-19-21-7-4-8-22-19/h3-11H,12H2,1-2H3,(H,24,26). The van der Waals surface area contributed by atoms with Gasteiger partial charge in [-0.25, -0.2) is 15.4 Å². The Balaban J connectivity index is 1.64. The fourth-order valence-electron chi connectivity index (χ4n) is 2.63. The number of carbonyl (C=O) groups is 1. The minimum atomic E-state index is -0.215. The molecular weight excluding hydrogens is 382 g/mol. The van der Waals surface area contributed by atoms with Gasteiger partial charge in [-0.05, 0) is 44.2 Å². The molecular formula is C19H18ClN5OS. The SMILES string of the molecule is Cc1cc(C=NNC(=O)CSc2ncccn2)c(C)n1-c1cccc(Cl)c1. The van der Waals surface area contributed by atoms with Gasteiger partial charge in [-0.2, -0.15) is 5.10 Å². The number of nitrogens with one attached hydrogen (secondary N) is 1. The molecule has 0 aliphatic heterocycles. The molecule has 0 radical (unpaired) electrons. The van der Waals surface area contributed by atoms with Crippen molar-refractivity contribution in [3.05, 3.63) is 70.8 Å². The molecule has 1 N–H and O–H groups in total. The summed E-state index contributed by atoms with van der Waals surface area (Å²) in [5, 5.41) is 5.30. The van der Waals surface area contributed by atoms with Crippen LogP contribution in [0.5, 0.6) is 0 Å². The van der Waals surface area contributed by atoms with E-state index in [1.165, 1.54) is 11.8 Å². The lowest BCUT2D eigenvalue weighted by Crippen LogP contribution is -2.19. The number of aromatic nitrogens is 3. The van der Waals surface area contributed by atoms with Crippen molar-refractivity contribution in [3.8, 4) is 5.69 Å². The Bertz CT molecular complexity index is 971. The molecule has 3 rings (SSSR count). The third-order valence-corrected chi connectivity index (χ3v) is 4.91. The summed E-state index contributed by atoms with van der Waals surface area (Å²) in [4.78, 5) is 20.0. The highest BCUT2D eigenvalue weighted by Crippen LogP contribution is 2.22. The predicted molar refractivity (Wildman–Crippen MR) is 109 cm³/mol. The molecule has 0 aliphatic rings. The molecule has 1 aromatic carbocycles. The van der Waals surface area contributed by atoms with Crippen LogP contribution in [0, 0.1) is 13.8 Å². The van der Waals surface area contributed by atoms with Crippen molar-refractivity contribution in [2.45, 2.75) is 19.0 Å². The number of hydrogen-bond donors (Lipinski definition) is 1. The van der Waals surface area contributed by atoms with Gasteiger partial charge in [0.2, 0.25) is 0 Å². The summed E-state index contributed by atoms with van der Waals surface area (Å²) < 4.78 is 2.09. The van der Waals surface area contributed by atoms with E-state index in [-0.39, 0.29) is 11.7 Å². The van der Waals surface area contributed by atoms with Crippen LogP contribution in [0.25, 0.3) is 5.69 Å². The quantitative estimate of drug-likeness (QED) is 0.296. The fourth-order valence-corrected chi connectivity index (χ4v) is 3.41. The molecule has 8 heteroatoms. The molecule has 0 fully saturated rings. The van der Waals surface area contributed by atoms with Crippen molar-refractivity contribution in [2.24, 2.45) is 5.10 Å². The number of rotatable bonds is 6. The molecule has 0 spiro atoms. The molecule has 0 saturated carbocycles. The molecule has 0 saturated heterocycles. The number of nitrogens with zero attached hydrogens (tertiary/aromatic N) is 4. The van der Waals surface area contributed by atoms with Crippen molar-refractivity contribution in [1.29, 1.82) is 0 Å². The molecule has 0 atom stereocenters. The topological polar surface area (TPSA) is 72.2 Å². The van der Waals surface area contributed by atoms with Crippen molar-refractivity contribution in [3.63, 3.8) is 0 Å². The van der Waals surface area contributed by atoms with Gasteiger partial charge in [-0.1, -0.05) is 29.4 Å². The van der Waals surface area contributed by atoms with Crippen LogP contribution in [0.3, 0.4) is 0 Å². The average Bonchev–Trinajstić information content (AvgIpc) is 2.94. The van der Waals surface area contributed by atoms with E-state index in [0.717, 1.165) is 22.6 Å². The van der Waals surface area contributed by atoms with Crippen LogP contribution in [-0.2, 0) is 4.79 Å². The molecule has 0 bridgehead atoms. The first-order valence-electron chi connectivity index (χ1n) is 8.21. The Labute approximate surface area is 166 Å². The maximum absolute atomic E-state index is 11.9. The average molecular weight is 400 g/mol. The number of aryl methyl sites for hydroxylation is 1. The Hall–Kier alpha value is -2.64. The van der Waals surface area contributed by atoms with Gasteiger partial charge in [0.25, 0.3) is 5.91 Å². The van der Waals surface area contributed by atoms with Crippen LogP contribution in [0.1, 0.15) is 17.0 Å². The monoisotopic (exact) mass is 399 g/mol. The van der Waals surface area contributed by atoms with E-state index in [4.69, 9.17) is 11.6 Å². The molecule has 0 unspecified atom stereocenters. The second kappa shape index (κ2) is 8.83. The zero-order valence-corrected chi connectivity index (χ0v) is 16.5. The van der Waals surface area contributed by atoms with Gasteiger partial charge < -0.3 is 4.57 Å². The number of halogens is 1. The molecule has 6 nitrogen and oxygen atoms in total. The Kier molecular flexibility index (Phi) is 6.26. The predicted octanol–water partition coefficient (Wildman–Crippen LogP) is 3.78. The number of benzene rings is 1. The third-order valence-electron chi connectivity index (χ3n) is 3.80. The second-order valence-electron chi connectivity index (χ2n) is 5.75. The van der Waals surface area contributed by atoms with Gasteiger partial charge in [0.05, 0.1) is 12.0 Å². The minimum Gasteiger partial charge on any atom is -0.318 e. The summed E-state index contributed by atoms with van der Waals surface area (Å²) in [6, 6.07) is 11.4. The summed E-state index contributed by atoms with van der Waals surface area (Å²) in [7, 11) is 0. The smallest absolute Gasteiger partial charge is 0.250 e. The van der Waals surface area contributed by atoms with Crippen molar-refractivity contribution < 1.29 is 4.79 Å². The van der Waals surface area contributed by atoms with Crippen molar-refractivity contribution in [2.75, 3.05) is 5.75 Å². The zero-order chi connectivity index (χ0) is 19.2. The summed E-state index contributed by atoms with van der Waals surface area (Å²) in [5.41, 5.74) is 6.51. The van der Waals surface area contributed by atoms with E-state index in [1.54, 1.807) is 24.7 Å². The van der Waals surface area contributed by atoms with Gasteiger partial charge in [0.15, 0.2) is 5.16 Å². The normalized spacial score (nSPS) is 11.1. The first-order chi connectivity index (χ1) is 13.0. The van der Waals surface area contributed by atoms with Crippen LogP contribution in [0.4, 0.5) is 0 Å². The van der Waals surface area contributed by atoms with Gasteiger partial charge in [0, 0.05) is 40.1 Å². The fraction of sp³-hybridized carbons (Fsp3) is 0.158. The number of hydrogen-bond acceptors (Lipinski definition) is 5. The summed E-state index contributed by atoms with van der Waals surface area (Å²) >= 11 is 7.36. The lowest BCUT2D eigenvalue weighted by molar-refractivity contribution is -0.118. The van der Waals surface area contributed by atoms with Gasteiger partial charge in [-0.3, -0.25) is 4.79 Å². The number of hydrazone groups is 1. The highest BCUT2D eigenvalue weighted by molar-refractivity contribution is 7.99. The maximum atomic E-state index is 11.9. The molecule has 2 aromatic heterocycles. The molecule has 27 heavy (non-hydrogen) atoms. The highest BCUT2D eigenvalue weighted by atomic mass is 35.5. The minimum absolute atomic E-state index is 0.197. The van der Waals surface area contributed by atoms with E-state index >= 15 is 0 Å². The summed E-state index contributed by atoms with van der Waals surface area (Å²) in [5.74, 6) is -0.0181. The Morgan fingerprint density at radius 1 is 1.26 bits per heavy atom. The van der Waals surface area contributed by atoms with E-state index in [1.807, 2.05) is 44.2 Å². The van der Waals surface area contributed by atoms with E-state index in [9.17, 15) is 4.79 Å². The Morgan fingerprint density at radius 3 is 2.78 bits per heavy atom. The van der Waals surface area contributed by atoms with Crippen LogP contribution < -0.4 is 5.43 Å². The van der Waals surface area contributed by atoms with Crippen LogP contribution in [-0.4, -0.2) is 32.4 Å². The highest BCUT2D eigenvalue weighted by Gasteiger charge is 2.10. The number of carbonyl (C=O) groups excluding carboxylic acids is 1. The Morgan fingerprint density at radius 2 is 2.04 bits per heavy atom. The summed E-state index contributed by atoms with van der Waals surface area (Å²) in [6.45, 7) is 4.01. The molecule has 3 aromatic rings. The molecule has 0 aliphatic carbocycles. The third kappa shape index (κ3) is 4.96. The van der Waals surface area contributed by atoms with Crippen molar-refractivity contribution >= 4 is 35.5 Å². The van der Waals surface area contributed by atoms with Crippen LogP contribution in [0.2, 0.25) is 5.02 Å². The largest absolute Gasteiger partial charge is 0.318 e. The lowest BCUT2D eigenvalue weighted by atomic mass is 10.2. The van der Waals surface area contributed by atoms with Gasteiger partial charge >= 0.3 is 0 Å². The second-order valence-corrected chi connectivity index (χ2v) is 7.13. The molecule has 2 heterocycles. The van der Waals surface area contributed by atoms with E-state index < -0.39 is 0 Å². The van der Waals surface area contributed by atoms with E-state index in [0.29, 0.717) is 10.2 Å². The van der Waals surface area contributed by atoms with Gasteiger partial charge in [-0.15, -0.1) is 0 Å². The maximum Gasteiger partial charge on any atom is 0.250 e. The zero-order valence-electron chi connectivity index (χ0n) is 14.9. The first kappa shape index (κ1) is 19.1. The van der Waals surface area contributed by atoms with Crippen LogP contribution >= 0.6 is 23.4 Å². The van der Waals surface area contributed by atoms with Gasteiger partial charge in [0.1, 0.15) is 0 Å². The van der Waals surface area contributed by atoms with Crippen LogP contribution in [0.15, 0.2) is 59.0 Å². The number of amides is 1. The molecule has 1 amide bonds. The lowest BCUT2D eigenvalue weighted by Gasteiger charge is -2.09. The summed E-state index contributed by atoms with van der Waals surface area (Å²) in [6.07, 6.45) is 4.92.